The van der Waals surface area contributed by atoms with E-state index in [1.54, 1.807) is 36.4 Å². The highest BCUT2D eigenvalue weighted by atomic mass is 35.5. The summed E-state index contributed by atoms with van der Waals surface area (Å²) >= 11 is 5.89. The van der Waals surface area contributed by atoms with Crippen LogP contribution < -0.4 is 0 Å². The number of aryl methyl sites for hydroxylation is 1. The molecular formula is C16H17ClN4O3S. The van der Waals surface area contributed by atoms with Crippen LogP contribution in [0.5, 0.6) is 0 Å². The van der Waals surface area contributed by atoms with Crippen LogP contribution in [0.4, 0.5) is 0 Å². The van der Waals surface area contributed by atoms with Gasteiger partial charge >= 0.3 is 0 Å². The van der Waals surface area contributed by atoms with Gasteiger partial charge in [0.1, 0.15) is 4.90 Å². The van der Waals surface area contributed by atoms with E-state index in [2.05, 4.69) is 9.97 Å². The Labute approximate surface area is 151 Å². The van der Waals surface area contributed by atoms with Gasteiger partial charge in [0.15, 0.2) is 0 Å². The lowest BCUT2D eigenvalue weighted by molar-refractivity contribution is 0.0697. The molecule has 3 rings (SSSR count). The molecule has 25 heavy (non-hydrogen) atoms. The Morgan fingerprint density at radius 1 is 1.16 bits per heavy atom. The van der Waals surface area contributed by atoms with Gasteiger partial charge in [-0.2, -0.15) is 4.31 Å². The largest absolute Gasteiger partial charge is 0.336 e. The number of pyridine rings is 2. The molecule has 2 aromatic rings. The van der Waals surface area contributed by atoms with E-state index in [9.17, 15) is 13.2 Å². The third-order valence-corrected chi connectivity index (χ3v) is 6.30. The first-order valence-electron chi connectivity index (χ1n) is 7.71. The Morgan fingerprint density at radius 3 is 2.44 bits per heavy atom. The van der Waals surface area contributed by atoms with Gasteiger partial charge in [-0.3, -0.25) is 14.8 Å². The number of carbonyl (C=O) groups excluding carboxylic acids is 1. The van der Waals surface area contributed by atoms with Crippen molar-refractivity contribution in [3.8, 4) is 0 Å². The molecule has 1 amide bonds. The molecule has 0 spiro atoms. The maximum absolute atomic E-state index is 12.8. The second-order valence-electron chi connectivity index (χ2n) is 5.67. The van der Waals surface area contributed by atoms with Crippen LogP contribution in [0.1, 0.15) is 16.1 Å². The first-order chi connectivity index (χ1) is 11.9. The van der Waals surface area contributed by atoms with E-state index in [0.29, 0.717) is 24.3 Å². The van der Waals surface area contributed by atoms with Gasteiger partial charge in [-0.05, 0) is 25.1 Å². The third kappa shape index (κ3) is 3.65. The summed E-state index contributed by atoms with van der Waals surface area (Å²) in [5.74, 6) is -0.125. The molecule has 7 nitrogen and oxygen atoms in total. The highest BCUT2D eigenvalue weighted by molar-refractivity contribution is 7.89. The van der Waals surface area contributed by atoms with E-state index in [4.69, 9.17) is 11.6 Å². The average Bonchev–Trinajstić information content (AvgIpc) is 2.64. The summed E-state index contributed by atoms with van der Waals surface area (Å²) < 4.78 is 27.0. The molecule has 0 saturated carbocycles. The fourth-order valence-corrected chi connectivity index (χ4v) is 4.54. The van der Waals surface area contributed by atoms with Crippen LogP contribution in [0.25, 0.3) is 0 Å². The van der Waals surface area contributed by atoms with Gasteiger partial charge in [-0.1, -0.05) is 11.6 Å². The summed E-state index contributed by atoms with van der Waals surface area (Å²) in [6, 6.07) is 4.70. The number of halogens is 1. The van der Waals surface area contributed by atoms with Crippen LogP contribution >= 0.6 is 11.6 Å². The number of hydrogen-bond donors (Lipinski definition) is 0. The van der Waals surface area contributed by atoms with E-state index < -0.39 is 10.0 Å². The number of hydrogen-bond acceptors (Lipinski definition) is 5. The van der Waals surface area contributed by atoms with E-state index in [1.165, 1.54) is 16.6 Å². The third-order valence-electron chi connectivity index (χ3n) is 4.08. The molecule has 132 valence electrons. The number of amides is 1. The van der Waals surface area contributed by atoms with Crippen LogP contribution in [-0.2, 0) is 10.0 Å². The van der Waals surface area contributed by atoms with E-state index in [-0.39, 0.29) is 28.9 Å². The van der Waals surface area contributed by atoms with Crippen LogP contribution in [0.2, 0.25) is 5.02 Å². The first-order valence-corrected chi connectivity index (χ1v) is 9.53. The lowest BCUT2D eigenvalue weighted by Gasteiger charge is -2.34. The van der Waals surface area contributed by atoms with Gasteiger partial charge < -0.3 is 4.90 Å². The maximum atomic E-state index is 12.8. The van der Waals surface area contributed by atoms with Crippen molar-refractivity contribution in [2.75, 3.05) is 26.2 Å². The summed E-state index contributed by atoms with van der Waals surface area (Å²) in [5.41, 5.74) is 0.945. The number of piperazine rings is 1. The zero-order valence-corrected chi connectivity index (χ0v) is 15.2. The Hall–Kier alpha value is -2.03. The predicted molar refractivity (Wildman–Crippen MR) is 92.9 cm³/mol. The highest BCUT2D eigenvalue weighted by Crippen LogP contribution is 2.23. The Kier molecular flexibility index (Phi) is 5.03. The fourth-order valence-electron chi connectivity index (χ4n) is 2.70. The van der Waals surface area contributed by atoms with Gasteiger partial charge in [0.25, 0.3) is 5.91 Å². The van der Waals surface area contributed by atoms with Crippen molar-refractivity contribution >= 4 is 27.5 Å². The molecule has 0 aromatic carbocycles. The predicted octanol–water partition coefficient (Wildman–Crippen LogP) is 1.59. The molecule has 3 heterocycles. The minimum absolute atomic E-state index is 0.105. The van der Waals surface area contributed by atoms with Gasteiger partial charge in [0.2, 0.25) is 10.0 Å². The number of sulfonamides is 1. The molecule has 2 aromatic heterocycles. The van der Waals surface area contributed by atoms with Gasteiger partial charge in [0, 0.05) is 50.3 Å². The molecule has 1 fully saturated rings. The van der Waals surface area contributed by atoms with E-state index >= 15 is 0 Å². The van der Waals surface area contributed by atoms with Crippen molar-refractivity contribution in [1.82, 2.24) is 19.2 Å². The topological polar surface area (TPSA) is 83.5 Å². The summed E-state index contributed by atoms with van der Waals surface area (Å²) in [6.07, 6.45) is 4.53. The monoisotopic (exact) mass is 380 g/mol. The number of rotatable bonds is 3. The van der Waals surface area contributed by atoms with Gasteiger partial charge in [-0.15, -0.1) is 0 Å². The molecule has 1 aliphatic heterocycles. The van der Waals surface area contributed by atoms with Crippen molar-refractivity contribution in [3.05, 3.63) is 53.1 Å². The molecule has 1 aliphatic rings. The zero-order chi connectivity index (χ0) is 18.0. The van der Waals surface area contributed by atoms with Crippen LogP contribution in [0.3, 0.4) is 0 Å². The van der Waals surface area contributed by atoms with Crippen molar-refractivity contribution in [3.63, 3.8) is 0 Å². The van der Waals surface area contributed by atoms with Crippen molar-refractivity contribution in [2.45, 2.75) is 11.8 Å². The maximum Gasteiger partial charge on any atom is 0.254 e. The Morgan fingerprint density at radius 2 is 1.80 bits per heavy atom. The molecule has 0 aliphatic carbocycles. The smallest absolute Gasteiger partial charge is 0.254 e. The summed E-state index contributed by atoms with van der Waals surface area (Å²) in [5, 5.41) is 0.274. The minimum Gasteiger partial charge on any atom is -0.336 e. The summed E-state index contributed by atoms with van der Waals surface area (Å²) in [6.45, 7) is 2.74. The summed E-state index contributed by atoms with van der Waals surface area (Å²) in [7, 11) is -3.69. The molecule has 0 atom stereocenters. The molecule has 0 N–H and O–H groups in total. The normalized spacial score (nSPS) is 16.0. The standard InChI is InChI=1S/C16H17ClN4O3S/c1-12-15(10-14(17)11-19-12)25(23,24)21-8-6-20(7-9-21)16(22)13-2-4-18-5-3-13/h2-5,10-11H,6-9H2,1H3. The lowest BCUT2D eigenvalue weighted by Crippen LogP contribution is -2.50. The quantitative estimate of drug-likeness (QED) is 0.807. The molecule has 9 heteroatoms. The molecular weight excluding hydrogens is 364 g/mol. The first kappa shape index (κ1) is 17.8. The van der Waals surface area contributed by atoms with Gasteiger partial charge in [-0.25, -0.2) is 8.42 Å². The number of aromatic nitrogens is 2. The van der Waals surface area contributed by atoms with E-state index in [1.807, 2.05) is 0 Å². The second-order valence-corrected chi connectivity index (χ2v) is 8.01. The molecule has 0 bridgehead atoms. The second kappa shape index (κ2) is 7.07. The Bertz CT molecular complexity index is 882. The number of nitrogens with zero attached hydrogens (tertiary/aromatic N) is 4. The van der Waals surface area contributed by atoms with Crippen molar-refractivity contribution < 1.29 is 13.2 Å². The van der Waals surface area contributed by atoms with Crippen LogP contribution in [0, 0.1) is 6.92 Å². The SMILES string of the molecule is Cc1ncc(Cl)cc1S(=O)(=O)N1CCN(C(=O)c2ccncc2)CC1. The molecule has 1 saturated heterocycles. The molecule has 0 unspecified atom stereocenters. The lowest BCUT2D eigenvalue weighted by atomic mass is 10.2. The highest BCUT2D eigenvalue weighted by Gasteiger charge is 2.31. The van der Waals surface area contributed by atoms with Crippen molar-refractivity contribution in [2.24, 2.45) is 0 Å². The zero-order valence-electron chi connectivity index (χ0n) is 13.6. The van der Waals surface area contributed by atoms with Gasteiger partial charge in [0.05, 0.1) is 10.7 Å². The average molecular weight is 381 g/mol. The van der Waals surface area contributed by atoms with Crippen LogP contribution in [0.15, 0.2) is 41.7 Å². The van der Waals surface area contributed by atoms with Crippen molar-refractivity contribution in [1.29, 1.82) is 0 Å². The van der Waals surface area contributed by atoms with E-state index in [0.717, 1.165) is 0 Å². The minimum atomic E-state index is -3.69. The fraction of sp³-hybridized carbons (Fsp3) is 0.312. The Balaban J connectivity index is 1.73. The summed E-state index contributed by atoms with van der Waals surface area (Å²) in [4.78, 5) is 22.1. The molecule has 0 radical (unpaired) electrons. The van der Waals surface area contributed by atoms with Crippen LogP contribution in [-0.4, -0.2) is 59.7 Å². The number of carbonyl (C=O) groups is 1.